The molecule has 4 rings (SSSR count). The zero-order valence-electron chi connectivity index (χ0n) is 16.2. The second-order valence-electron chi connectivity index (χ2n) is 6.93. The number of hydrogen-bond acceptors (Lipinski definition) is 6. The van der Waals surface area contributed by atoms with E-state index < -0.39 is 10.0 Å². The van der Waals surface area contributed by atoms with Crippen molar-refractivity contribution in [3.05, 3.63) is 51.5 Å². The molecule has 3 aromatic rings. The number of carbonyl (C=O) groups excluding carboxylic acids is 1. The maximum Gasteiger partial charge on any atom is 0.293 e. The zero-order chi connectivity index (χ0) is 21.6. The van der Waals surface area contributed by atoms with E-state index in [1.165, 1.54) is 31.9 Å². The molecule has 9 nitrogen and oxygen atoms in total. The fraction of sp³-hybridized carbons (Fsp3) is 0.333. The van der Waals surface area contributed by atoms with Crippen LogP contribution in [0.4, 0.5) is 0 Å². The molecule has 1 aromatic carbocycles. The van der Waals surface area contributed by atoms with Gasteiger partial charge < -0.3 is 4.90 Å². The summed E-state index contributed by atoms with van der Waals surface area (Å²) in [5.74, 6) is 0.0217. The lowest BCUT2D eigenvalue weighted by Gasteiger charge is -2.33. The molecule has 158 valence electrons. The van der Waals surface area contributed by atoms with Gasteiger partial charge in [-0.05, 0) is 32.0 Å². The Labute approximate surface area is 183 Å². The number of sulfonamides is 1. The molecule has 0 unspecified atom stereocenters. The average Bonchev–Trinajstić information content (AvgIpc) is 3.14. The number of halogens is 2. The van der Waals surface area contributed by atoms with Crippen LogP contribution in [-0.2, 0) is 10.0 Å². The van der Waals surface area contributed by atoms with Crippen LogP contribution in [0.5, 0.6) is 0 Å². The van der Waals surface area contributed by atoms with E-state index in [4.69, 9.17) is 23.2 Å². The normalized spacial score (nSPS) is 15.7. The summed E-state index contributed by atoms with van der Waals surface area (Å²) in [5.41, 5.74) is 1.60. The molecule has 0 N–H and O–H groups in total. The number of amides is 1. The van der Waals surface area contributed by atoms with Crippen molar-refractivity contribution in [3.63, 3.8) is 0 Å². The number of fused-ring (bicyclic) bond motifs is 1. The summed E-state index contributed by atoms with van der Waals surface area (Å²) in [6.07, 6.45) is 0. The van der Waals surface area contributed by atoms with Gasteiger partial charge in [-0.3, -0.25) is 4.79 Å². The van der Waals surface area contributed by atoms with Crippen molar-refractivity contribution in [2.45, 2.75) is 18.7 Å². The van der Waals surface area contributed by atoms with E-state index in [0.29, 0.717) is 5.78 Å². The molecule has 1 saturated heterocycles. The Bertz CT molecular complexity index is 1250. The minimum absolute atomic E-state index is 0.00950. The largest absolute Gasteiger partial charge is 0.333 e. The molecule has 30 heavy (non-hydrogen) atoms. The lowest BCUT2D eigenvalue weighted by molar-refractivity contribution is 0.0686. The number of carbonyl (C=O) groups is 1. The van der Waals surface area contributed by atoms with Gasteiger partial charge in [-0.2, -0.15) is 9.29 Å². The van der Waals surface area contributed by atoms with Crippen molar-refractivity contribution in [2.75, 3.05) is 26.2 Å². The summed E-state index contributed by atoms with van der Waals surface area (Å²) in [5, 5.41) is 4.41. The van der Waals surface area contributed by atoms with Crippen LogP contribution in [0.2, 0.25) is 10.0 Å². The van der Waals surface area contributed by atoms with Crippen LogP contribution >= 0.6 is 23.2 Å². The summed E-state index contributed by atoms with van der Waals surface area (Å²) in [7, 11) is -3.83. The highest BCUT2D eigenvalue weighted by Gasteiger charge is 2.33. The molecule has 3 heterocycles. The van der Waals surface area contributed by atoms with Crippen molar-refractivity contribution in [3.8, 4) is 0 Å². The standard InChI is InChI=1S/C18H18Cl2N6O3S/c1-11-10-12(2)26-18(21-11)22-16(23-26)17(27)24-6-8-25(9-7-24)30(28,29)14-5-3-4-13(19)15(14)20/h3-5,10H,6-9H2,1-2H3. The lowest BCUT2D eigenvalue weighted by Crippen LogP contribution is -2.50. The average molecular weight is 469 g/mol. The predicted octanol–water partition coefficient (Wildman–Crippen LogP) is 2.19. The third-order valence-electron chi connectivity index (χ3n) is 4.87. The Morgan fingerprint density at radius 1 is 1.07 bits per heavy atom. The quantitative estimate of drug-likeness (QED) is 0.583. The van der Waals surface area contributed by atoms with Gasteiger partial charge >= 0.3 is 0 Å². The number of hydrogen-bond donors (Lipinski definition) is 0. The Hall–Kier alpha value is -2.27. The fourth-order valence-electron chi connectivity index (χ4n) is 3.35. The molecule has 0 radical (unpaired) electrons. The van der Waals surface area contributed by atoms with Gasteiger partial charge in [0.2, 0.25) is 15.8 Å². The number of piperazine rings is 1. The maximum atomic E-state index is 12.9. The molecular weight excluding hydrogens is 451 g/mol. The fourth-order valence-corrected chi connectivity index (χ4v) is 5.51. The van der Waals surface area contributed by atoms with E-state index in [1.807, 2.05) is 19.9 Å². The molecule has 0 bridgehead atoms. The van der Waals surface area contributed by atoms with E-state index in [2.05, 4.69) is 15.1 Å². The first-order valence-corrected chi connectivity index (χ1v) is 11.3. The van der Waals surface area contributed by atoms with Gasteiger partial charge in [0.25, 0.3) is 11.7 Å². The van der Waals surface area contributed by atoms with Crippen LogP contribution in [0.25, 0.3) is 5.78 Å². The second kappa shape index (κ2) is 7.77. The molecule has 0 atom stereocenters. The van der Waals surface area contributed by atoms with Gasteiger partial charge in [0.1, 0.15) is 4.90 Å². The number of nitrogens with zero attached hydrogens (tertiary/aromatic N) is 6. The third kappa shape index (κ3) is 3.64. The van der Waals surface area contributed by atoms with Crippen LogP contribution < -0.4 is 0 Å². The molecule has 1 aliphatic rings. The minimum atomic E-state index is -3.83. The van der Waals surface area contributed by atoms with Crippen LogP contribution in [0.15, 0.2) is 29.2 Å². The third-order valence-corrected chi connectivity index (χ3v) is 7.74. The Morgan fingerprint density at radius 3 is 2.47 bits per heavy atom. The molecule has 2 aromatic heterocycles. The van der Waals surface area contributed by atoms with Gasteiger partial charge in [-0.1, -0.05) is 29.3 Å². The summed E-state index contributed by atoms with van der Waals surface area (Å²) in [4.78, 5) is 22.8. The first-order chi connectivity index (χ1) is 14.2. The van der Waals surface area contributed by atoms with E-state index in [-0.39, 0.29) is 52.9 Å². The van der Waals surface area contributed by atoms with E-state index in [1.54, 1.807) is 0 Å². The van der Waals surface area contributed by atoms with Crippen molar-refractivity contribution < 1.29 is 13.2 Å². The van der Waals surface area contributed by atoms with E-state index in [9.17, 15) is 13.2 Å². The SMILES string of the molecule is Cc1cc(C)n2nc(C(=O)N3CCN(S(=O)(=O)c4cccc(Cl)c4Cl)CC3)nc2n1. The highest BCUT2D eigenvalue weighted by molar-refractivity contribution is 7.89. The van der Waals surface area contributed by atoms with E-state index >= 15 is 0 Å². The summed E-state index contributed by atoms with van der Waals surface area (Å²) in [6, 6.07) is 6.33. The molecule has 1 fully saturated rings. The summed E-state index contributed by atoms with van der Waals surface area (Å²) >= 11 is 12.0. The van der Waals surface area contributed by atoms with Gasteiger partial charge in [0.15, 0.2) is 0 Å². The molecule has 0 saturated carbocycles. The Kier molecular flexibility index (Phi) is 5.43. The topological polar surface area (TPSA) is 101 Å². The van der Waals surface area contributed by atoms with Crippen LogP contribution in [-0.4, -0.2) is 69.3 Å². The number of aromatic nitrogens is 4. The number of benzene rings is 1. The molecule has 1 aliphatic heterocycles. The van der Waals surface area contributed by atoms with Gasteiger partial charge in [-0.15, -0.1) is 5.10 Å². The number of rotatable bonds is 3. The highest BCUT2D eigenvalue weighted by atomic mass is 35.5. The second-order valence-corrected chi connectivity index (χ2v) is 9.63. The smallest absolute Gasteiger partial charge is 0.293 e. The van der Waals surface area contributed by atoms with E-state index in [0.717, 1.165) is 11.4 Å². The molecule has 12 heteroatoms. The van der Waals surface area contributed by atoms with Crippen molar-refractivity contribution in [2.24, 2.45) is 0 Å². The molecular formula is C18H18Cl2N6O3S. The maximum absolute atomic E-state index is 12.9. The monoisotopic (exact) mass is 468 g/mol. The minimum Gasteiger partial charge on any atom is -0.333 e. The van der Waals surface area contributed by atoms with Crippen molar-refractivity contribution in [1.29, 1.82) is 0 Å². The highest BCUT2D eigenvalue weighted by Crippen LogP contribution is 2.31. The first-order valence-electron chi connectivity index (χ1n) is 9.13. The zero-order valence-corrected chi connectivity index (χ0v) is 18.5. The molecule has 1 amide bonds. The Balaban J connectivity index is 1.51. The van der Waals surface area contributed by atoms with Crippen molar-refractivity contribution >= 4 is 44.9 Å². The van der Waals surface area contributed by atoms with Crippen LogP contribution in [0.3, 0.4) is 0 Å². The lowest BCUT2D eigenvalue weighted by atomic mass is 10.3. The van der Waals surface area contributed by atoms with Gasteiger partial charge in [-0.25, -0.2) is 17.9 Å². The van der Waals surface area contributed by atoms with Gasteiger partial charge in [0, 0.05) is 37.6 Å². The molecule has 0 aliphatic carbocycles. The first kappa shape index (κ1) is 21.0. The van der Waals surface area contributed by atoms with Crippen LogP contribution in [0, 0.1) is 13.8 Å². The summed E-state index contributed by atoms with van der Waals surface area (Å²) in [6.45, 7) is 4.36. The summed E-state index contributed by atoms with van der Waals surface area (Å²) < 4.78 is 28.7. The predicted molar refractivity (Wildman–Crippen MR) is 111 cm³/mol. The van der Waals surface area contributed by atoms with Crippen molar-refractivity contribution in [1.82, 2.24) is 28.8 Å². The molecule has 0 spiro atoms. The Morgan fingerprint density at radius 2 is 1.77 bits per heavy atom. The number of aryl methyl sites for hydroxylation is 2. The van der Waals surface area contributed by atoms with Crippen LogP contribution in [0.1, 0.15) is 22.0 Å². The van der Waals surface area contributed by atoms with Gasteiger partial charge in [0.05, 0.1) is 10.0 Å².